The van der Waals surface area contributed by atoms with Crippen LogP contribution in [0.3, 0.4) is 0 Å². The Morgan fingerprint density at radius 2 is 1.89 bits per heavy atom. The molecule has 3 aromatic rings. The second kappa shape index (κ2) is 8.22. The van der Waals surface area contributed by atoms with E-state index in [9.17, 15) is 4.39 Å². The van der Waals surface area contributed by atoms with Crippen LogP contribution < -0.4 is 4.74 Å². The van der Waals surface area contributed by atoms with Gasteiger partial charge in [-0.25, -0.2) is 9.37 Å². The number of halogens is 1. The molecule has 4 rings (SSSR count). The molecular weight excluding hydrogens is 357 g/mol. The molecule has 1 heterocycles. The Kier molecular flexibility index (Phi) is 5.53. The largest absolute Gasteiger partial charge is 0.488 e. The lowest BCUT2D eigenvalue weighted by Gasteiger charge is -2.21. The summed E-state index contributed by atoms with van der Waals surface area (Å²) in [4.78, 5) is 5.66. The van der Waals surface area contributed by atoms with E-state index in [1.807, 2.05) is 19.1 Å². The zero-order valence-electron chi connectivity index (χ0n) is 15.5. The normalized spacial score (nSPS) is 15.0. The summed E-state index contributed by atoms with van der Waals surface area (Å²) >= 11 is 1.62. The van der Waals surface area contributed by atoms with Gasteiger partial charge in [0, 0.05) is 5.56 Å². The number of hydrogen-bond acceptors (Lipinski definition) is 3. The van der Waals surface area contributed by atoms with Gasteiger partial charge in [0.2, 0.25) is 0 Å². The first-order valence-electron chi connectivity index (χ1n) is 9.56. The third-order valence-electron chi connectivity index (χ3n) is 5.15. The molecule has 0 unspecified atom stereocenters. The highest BCUT2D eigenvalue weighted by molar-refractivity contribution is 7.12. The number of thiazole rings is 1. The molecule has 2 nitrogen and oxygen atoms in total. The number of aromatic nitrogens is 1. The van der Waals surface area contributed by atoms with Crippen LogP contribution in [0, 0.1) is 18.8 Å². The van der Waals surface area contributed by atoms with E-state index in [-0.39, 0.29) is 5.82 Å². The van der Waals surface area contributed by atoms with E-state index in [2.05, 4.69) is 17.1 Å². The molecule has 1 aliphatic rings. The van der Waals surface area contributed by atoms with Crippen molar-refractivity contribution < 1.29 is 9.13 Å². The fourth-order valence-electron chi connectivity index (χ4n) is 3.73. The SMILES string of the molecule is Cc1nc(-c2ccc(F)cc2)c(COc2c[c]c(C3CCCCC3)cc2)s1. The van der Waals surface area contributed by atoms with Gasteiger partial charge in [-0.1, -0.05) is 25.3 Å². The van der Waals surface area contributed by atoms with E-state index in [0.717, 1.165) is 26.9 Å². The van der Waals surface area contributed by atoms with Gasteiger partial charge in [-0.3, -0.25) is 0 Å². The molecule has 2 aromatic carbocycles. The lowest BCUT2D eigenvalue weighted by molar-refractivity contribution is 0.309. The number of rotatable bonds is 5. The summed E-state index contributed by atoms with van der Waals surface area (Å²) in [5.74, 6) is 1.24. The highest BCUT2D eigenvalue weighted by atomic mass is 32.1. The van der Waals surface area contributed by atoms with Crippen LogP contribution in [0.1, 0.15) is 53.5 Å². The molecular formula is C23H23FNOS. The van der Waals surface area contributed by atoms with E-state index in [0.29, 0.717) is 12.5 Å². The quantitative estimate of drug-likeness (QED) is 0.492. The molecule has 1 fully saturated rings. The van der Waals surface area contributed by atoms with Crippen molar-refractivity contribution in [3.8, 4) is 17.0 Å². The van der Waals surface area contributed by atoms with Crippen LogP contribution in [0.2, 0.25) is 0 Å². The second-order valence-corrected chi connectivity index (χ2v) is 8.40. The molecule has 27 heavy (non-hydrogen) atoms. The predicted octanol–water partition coefficient (Wildman–Crippen LogP) is 6.68. The average Bonchev–Trinajstić information content (AvgIpc) is 3.08. The molecule has 1 aromatic heterocycles. The minimum Gasteiger partial charge on any atom is -0.488 e. The summed E-state index contributed by atoms with van der Waals surface area (Å²) < 4.78 is 19.2. The Labute approximate surface area is 164 Å². The molecule has 0 N–H and O–H groups in total. The molecule has 1 aliphatic carbocycles. The zero-order chi connectivity index (χ0) is 18.6. The minimum atomic E-state index is -0.239. The van der Waals surface area contributed by atoms with Crippen LogP contribution in [0.25, 0.3) is 11.3 Å². The van der Waals surface area contributed by atoms with E-state index in [1.54, 1.807) is 23.5 Å². The number of nitrogens with zero attached hydrogens (tertiary/aromatic N) is 1. The molecule has 0 bridgehead atoms. The van der Waals surface area contributed by atoms with Crippen molar-refractivity contribution in [1.29, 1.82) is 0 Å². The zero-order valence-corrected chi connectivity index (χ0v) is 16.3. The Balaban J connectivity index is 1.45. The van der Waals surface area contributed by atoms with Gasteiger partial charge >= 0.3 is 0 Å². The van der Waals surface area contributed by atoms with Crippen molar-refractivity contribution in [1.82, 2.24) is 4.98 Å². The summed E-state index contributed by atoms with van der Waals surface area (Å²) in [6, 6.07) is 16.0. The molecule has 1 saturated carbocycles. The topological polar surface area (TPSA) is 22.1 Å². The first kappa shape index (κ1) is 18.2. The van der Waals surface area contributed by atoms with Gasteiger partial charge in [0.15, 0.2) is 0 Å². The molecule has 0 amide bonds. The van der Waals surface area contributed by atoms with Crippen LogP contribution in [0.15, 0.2) is 42.5 Å². The third-order valence-corrected chi connectivity index (χ3v) is 6.09. The van der Waals surface area contributed by atoms with Gasteiger partial charge in [-0.05, 0) is 73.7 Å². The summed E-state index contributed by atoms with van der Waals surface area (Å²) in [7, 11) is 0. The fourth-order valence-corrected chi connectivity index (χ4v) is 4.60. The summed E-state index contributed by atoms with van der Waals surface area (Å²) in [5.41, 5.74) is 3.10. The Bertz CT molecular complexity index is 880. The maximum atomic E-state index is 13.2. The minimum absolute atomic E-state index is 0.239. The Hall–Kier alpha value is -2.20. The van der Waals surface area contributed by atoms with E-state index < -0.39 is 0 Å². The van der Waals surface area contributed by atoms with Crippen LogP contribution in [0.4, 0.5) is 4.39 Å². The van der Waals surface area contributed by atoms with Gasteiger partial charge < -0.3 is 4.74 Å². The van der Waals surface area contributed by atoms with Crippen molar-refractivity contribution in [3.63, 3.8) is 0 Å². The molecule has 1 radical (unpaired) electrons. The van der Waals surface area contributed by atoms with Gasteiger partial charge in [-0.15, -0.1) is 11.3 Å². The van der Waals surface area contributed by atoms with Gasteiger partial charge in [-0.2, -0.15) is 0 Å². The number of benzene rings is 2. The van der Waals surface area contributed by atoms with E-state index >= 15 is 0 Å². The lowest BCUT2D eigenvalue weighted by Crippen LogP contribution is -2.04. The smallest absolute Gasteiger partial charge is 0.125 e. The highest BCUT2D eigenvalue weighted by Crippen LogP contribution is 2.33. The lowest BCUT2D eigenvalue weighted by atomic mass is 9.84. The molecule has 0 spiro atoms. The molecule has 0 atom stereocenters. The summed E-state index contributed by atoms with van der Waals surface area (Å²) in [6.45, 7) is 2.43. The number of ether oxygens (including phenoxy) is 1. The molecule has 4 heteroatoms. The van der Waals surface area contributed by atoms with Crippen LogP contribution in [-0.4, -0.2) is 4.98 Å². The molecule has 0 aliphatic heterocycles. The van der Waals surface area contributed by atoms with Crippen molar-refractivity contribution in [2.24, 2.45) is 0 Å². The number of hydrogen-bond donors (Lipinski definition) is 0. The van der Waals surface area contributed by atoms with Crippen LogP contribution in [-0.2, 0) is 6.61 Å². The average molecular weight is 381 g/mol. The van der Waals surface area contributed by atoms with Crippen LogP contribution in [0.5, 0.6) is 5.75 Å². The van der Waals surface area contributed by atoms with Gasteiger partial charge in [0.25, 0.3) is 0 Å². The molecule has 139 valence electrons. The standard InChI is InChI=1S/C23H23FNOS/c1-16-25-23(19-7-11-20(24)12-8-19)22(27-16)15-26-21-13-9-18(10-14-21)17-5-3-2-4-6-17/h7-9,11-14,17H,2-6,15H2,1H3. The fraction of sp³-hybridized carbons (Fsp3) is 0.348. The predicted molar refractivity (Wildman–Crippen MR) is 108 cm³/mol. The Morgan fingerprint density at radius 3 is 2.59 bits per heavy atom. The first-order chi connectivity index (χ1) is 13.2. The summed E-state index contributed by atoms with van der Waals surface area (Å²) in [6.07, 6.45) is 6.57. The van der Waals surface area contributed by atoms with Crippen molar-refractivity contribution in [2.45, 2.75) is 51.6 Å². The van der Waals surface area contributed by atoms with Crippen molar-refractivity contribution >= 4 is 11.3 Å². The maximum Gasteiger partial charge on any atom is 0.125 e. The van der Waals surface area contributed by atoms with Gasteiger partial charge in [0.05, 0.1) is 15.6 Å². The van der Waals surface area contributed by atoms with E-state index in [1.165, 1.54) is 49.8 Å². The third kappa shape index (κ3) is 4.38. The second-order valence-electron chi connectivity index (χ2n) is 7.11. The van der Waals surface area contributed by atoms with Gasteiger partial charge in [0.1, 0.15) is 18.2 Å². The summed E-state index contributed by atoms with van der Waals surface area (Å²) in [5, 5.41) is 0.979. The monoisotopic (exact) mass is 380 g/mol. The highest BCUT2D eigenvalue weighted by Gasteiger charge is 2.16. The van der Waals surface area contributed by atoms with Crippen LogP contribution >= 0.6 is 11.3 Å². The van der Waals surface area contributed by atoms with Crippen molar-refractivity contribution in [3.05, 3.63) is 69.8 Å². The maximum absolute atomic E-state index is 13.2. The molecule has 0 saturated heterocycles. The van der Waals surface area contributed by atoms with E-state index in [4.69, 9.17) is 4.74 Å². The first-order valence-corrected chi connectivity index (χ1v) is 10.4. The Morgan fingerprint density at radius 1 is 1.11 bits per heavy atom. The number of aryl methyl sites for hydroxylation is 1. The van der Waals surface area contributed by atoms with Crippen molar-refractivity contribution in [2.75, 3.05) is 0 Å².